The van der Waals surface area contributed by atoms with E-state index in [1.165, 1.54) is 23.1 Å². The molecule has 0 radical (unpaired) electrons. The molecule has 0 bridgehead atoms. The predicted molar refractivity (Wildman–Crippen MR) is 162 cm³/mol. The molecule has 12 heteroatoms. The van der Waals surface area contributed by atoms with Crippen molar-refractivity contribution in [1.29, 1.82) is 0 Å². The van der Waals surface area contributed by atoms with Crippen molar-refractivity contribution in [2.75, 3.05) is 32.9 Å². The molecule has 2 rings (SSSR count). The molecule has 1 saturated heterocycles. The molecule has 2 N–H and O–H groups in total. The molecule has 0 aromatic rings. The van der Waals surface area contributed by atoms with Crippen LogP contribution in [0, 0.1) is 17.8 Å². The molecule has 0 aromatic carbocycles. The van der Waals surface area contributed by atoms with Gasteiger partial charge in [0.2, 0.25) is 5.91 Å². The molecular weight excluding hydrogens is 558 g/mol. The van der Waals surface area contributed by atoms with E-state index < -0.39 is 38.3 Å². The molecule has 11 nitrogen and oxygen atoms in total. The molecular formula is C30H47N3O8Si. The van der Waals surface area contributed by atoms with E-state index in [2.05, 4.69) is 64.2 Å². The lowest BCUT2D eigenvalue weighted by atomic mass is 9.76. The summed E-state index contributed by atoms with van der Waals surface area (Å²) in [5.41, 5.74) is 0.695. The Morgan fingerprint density at radius 1 is 0.952 bits per heavy atom. The summed E-state index contributed by atoms with van der Waals surface area (Å²) in [6.45, 7) is 25.2. The van der Waals surface area contributed by atoms with Crippen LogP contribution in [0.15, 0.2) is 49.2 Å². The zero-order valence-electron chi connectivity index (χ0n) is 26.0. The van der Waals surface area contributed by atoms with Crippen LogP contribution in [-0.4, -0.2) is 82.3 Å². The summed E-state index contributed by atoms with van der Waals surface area (Å²) < 4.78 is 22.1. The first kappa shape index (κ1) is 34.8. The summed E-state index contributed by atoms with van der Waals surface area (Å²) in [6.07, 6.45) is 2.55. The number of hydrogen-bond donors (Lipinski definition) is 2. The van der Waals surface area contributed by atoms with Crippen LogP contribution in [0.3, 0.4) is 0 Å². The Balaban J connectivity index is 2.46. The van der Waals surface area contributed by atoms with Gasteiger partial charge in [-0.15, -0.1) is 0 Å². The van der Waals surface area contributed by atoms with Gasteiger partial charge in [0.1, 0.15) is 25.5 Å². The highest BCUT2D eigenvalue weighted by Gasteiger charge is 2.61. The van der Waals surface area contributed by atoms with Gasteiger partial charge in [0.15, 0.2) is 8.32 Å². The highest BCUT2D eigenvalue weighted by molar-refractivity contribution is 6.74. The second kappa shape index (κ2) is 14.7. The van der Waals surface area contributed by atoms with Gasteiger partial charge in [-0.05, 0) is 30.6 Å². The lowest BCUT2D eigenvalue weighted by molar-refractivity contribution is -0.163. The molecule has 2 aliphatic rings. The number of nitrogens with zero attached hydrogens (tertiary/aromatic N) is 1. The molecule has 2 aliphatic heterocycles. The average Bonchev–Trinajstić information content (AvgIpc) is 3.16. The van der Waals surface area contributed by atoms with Gasteiger partial charge >= 0.3 is 18.2 Å². The van der Waals surface area contributed by atoms with Crippen molar-refractivity contribution in [1.82, 2.24) is 15.5 Å². The smallest absolute Gasteiger partial charge is 0.407 e. The van der Waals surface area contributed by atoms with Crippen LogP contribution in [0.2, 0.25) is 18.1 Å². The number of carbonyl (C=O) groups is 4. The number of ether oxygens (including phenoxy) is 3. The third-order valence-corrected chi connectivity index (χ3v) is 12.7. The number of nitrogens with one attached hydrogen (secondary N) is 2. The summed E-state index contributed by atoms with van der Waals surface area (Å²) in [4.78, 5) is 53.2. The topological polar surface area (TPSA) is 132 Å². The number of amides is 3. The van der Waals surface area contributed by atoms with Crippen LogP contribution in [0.1, 0.15) is 34.6 Å². The number of carbonyl (C=O) groups excluding carboxylic acids is 4. The normalized spacial score (nSPS) is 20.7. The molecule has 0 saturated carbocycles. The maximum atomic E-state index is 13.7. The van der Waals surface area contributed by atoms with Crippen LogP contribution in [0.5, 0.6) is 0 Å². The molecule has 0 aromatic heterocycles. The van der Waals surface area contributed by atoms with Gasteiger partial charge in [0.05, 0.1) is 18.1 Å². The zero-order valence-corrected chi connectivity index (χ0v) is 27.0. The zero-order chi connectivity index (χ0) is 31.8. The van der Waals surface area contributed by atoms with Crippen molar-refractivity contribution in [3.63, 3.8) is 0 Å². The summed E-state index contributed by atoms with van der Waals surface area (Å²) in [7, 11) is -2.20. The second-order valence-electron chi connectivity index (χ2n) is 12.0. The maximum absolute atomic E-state index is 13.7. The first-order valence-corrected chi connectivity index (χ1v) is 17.1. The monoisotopic (exact) mass is 605 g/mol. The number of hydrogen-bond acceptors (Lipinski definition) is 8. The van der Waals surface area contributed by atoms with Crippen LogP contribution in [0.4, 0.5) is 9.59 Å². The number of esters is 1. The van der Waals surface area contributed by atoms with Crippen molar-refractivity contribution in [2.45, 2.75) is 64.9 Å². The molecule has 3 amide bonds. The Morgan fingerprint density at radius 3 is 1.88 bits per heavy atom. The molecule has 0 aliphatic carbocycles. The maximum Gasteiger partial charge on any atom is 0.407 e. The van der Waals surface area contributed by atoms with Gasteiger partial charge < -0.3 is 34.2 Å². The first-order chi connectivity index (χ1) is 19.6. The van der Waals surface area contributed by atoms with E-state index in [0.29, 0.717) is 5.57 Å². The Kier molecular flexibility index (Phi) is 12.2. The van der Waals surface area contributed by atoms with Crippen LogP contribution >= 0.6 is 0 Å². The van der Waals surface area contributed by atoms with Gasteiger partial charge in [0, 0.05) is 24.9 Å². The number of rotatable bonds is 15. The van der Waals surface area contributed by atoms with Gasteiger partial charge in [-0.2, -0.15) is 0 Å². The molecule has 1 unspecified atom stereocenters. The number of β-lactam (4-membered cyclic amide) rings is 1. The third kappa shape index (κ3) is 7.91. The van der Waals surface area contributed by atoms with E-state index in [1.54, 1.807) is 0 Å². The predicted octanol–water partition coefficient (Wildman–Crippen LogP) is 4.30. The minimum absolute atomic E-state index is 0.00503. The molecule has 4 atom stereocenters. The Hall–Kier alpha value is -3.38. The highest BCUT2D eigenvalue weighted by Crippen LogP contribution is 2.51. The minimum atomic E-state index is -2.20. The van der Waals surface area contributed by atoms with E-state index in [-0.39, 0.29) is 67.6 Å². The molecule has 2 heterocycles. The van der Waals surface area contributed by atoms with E-state index in [4.69, 9.17) is 18.6 Å². The summed E-state index contributed by atoms with van der Waals surface area (Å²) >= 11 is 0. The Bertz CT molecular complexity index is 1070. The average molecular weight is 606 g/mol. The third-order valence-electron chi connectivity index (χ3n) is 8.11. The Morgan fingerprint density at radius 2 is 1.43 bits per heavy atom. The van der Waals surface area contributed by atoms with Gasteiger partial charge in [-0.25, -0.2) is 14.4 Å². The van der Waals surface area contributed by atoms with E-state index in [9.17, 15) is 19.2 Å². The Labute approximate surface area is 250 Å². The SMILES string of the molecule is C=CCOC(=O)NCC(CNC(=O)OCC=C)C1=C(C(=O)OCC=C)N2C(=O)[C@H]([C@@H](C)O[Si](C)(C)C(C)(C)C)[C@H]2C1C. The standard InChI is InChI=1S/C30H47N3O8Si/c1-11-14-38-27(35)25-22(21(17-31-28(36)39-15-12-2)18-32-29(37)40-16-13-3)19(4)24-23(26(34)33(24)25)20(5)41-42(9,10)30(6,7)8/h11-13,19-21,23-24H,1-3,14-18H2,4-10H3,(H,31,36)(H,32,37)/t19?,20-,23-,24-/m1/s1. The minimum Gasteiger partial charge on any atom is -0.457 e. The lowest BCUT2D eigenvalue weighted by Crippen LogP contribution is -2.65. The fourth-order valence-electron chi connectivity index (χ4n) is 5.12. The van der Waals surface area contributed by atoms with Crippen molar-refractivity contribution < 1.29 is 37.8 Å². The van der Waals surface area contributed by atoms with Crippen molar-refractivity contribution in [3.8, 4) is 0 Å². The number of alkyl carbamates (subject to hydrolysis) is 2. The van der Waals surface area contributed by atoms with Gasteiger partial charge in [-0.3, -0.25) is 4.79 Å². The van der Waals surface area contributed by atoms with E-state index in [0.717, 1.165) is 0 Å². The largest absolute Gasteiger partial charge is 0.457 e. The van der Waals surface area contributed by atoms with Crippen LogP contribution in [0.25, 0.3) is 0 Å². The van der Waals surface area contributed by atoms with Crippen LogP contribution in [-0.2, 0) is 28.2 Å². The van der Waals surface area contributed by atoms with E-state index in [1.807, 2.05) is 13.8 Å². The molecule has 42 heavy (non-hydrogen) atoms. The van der Waals surface area contributed by atoms with Crippen LogP contribution < -0.4 is 10.6 Å². The fourth-order valence-corrected chi connectivity index (χ4v) is 6.55. The second-order valence-corrected chi connectivity index (χ2v) is 16.8. The van der Waals surface area contributed by atoms with Gasteiger partial charge in [-0.1, -0.05) is 65.7 Å². The van der Waals surface area contributed by atoms with Gasteiger partial charge in [0.25, 0.3) is 0 Å². The first-order valence-electron chi connectivity index (χ1n) is 14.2. The highest BCUT2D eigenvalue weighted by atomic mass is 28.4. The summed E-state index contributed by atoms with van der Waals surface area (Å²) in [6, 6.07) is -0.360. The summed E-state index contributed by atoms with van der Waals surface area (Å²) in [5, 5.41) is 5.32. The fraction of sp³-hybridized carbons (Fsp3) is 0.600. The van der Waals surface area contributed by atoms with Crippen molar-refractivity contribution in [3.05, 3.63) is 49.2 Å². The molecule has 0 spiro atoms. The quantitative estimate of drug-likeness (QED) is 0.0929. The molecule has 1 fully saturated rings. The summed E-state index contributed by atoms with van der Waals surface area (Å²) in [5.74, 6) is -2.31. The number of fused-ring (bicyclic) bond motifs is 1. The molecule has 234 valence electrons. The van der Waals surface area contributed by atoms with E-state index >= 15 is 0 Å². The van der Waals surface area contributed by atoms with Crippen molar-refractivity contribution in [2.24, 2.45) is 17.8 Å². The van der Waals surface area contributed by atoms with Crippen molar-refractivity contribution >= 4 is 32.4 Å². The lowest BCUT2D eigenvalue weighted by Gasteiger charge is -2.50.